The molecular formula is C10H21N3O3. The van der Waals surface area contributed by atoms with Crippen LogP contribution in [0.2, 0.25) is 0 Å². The quantitative estimate of drug-likeness (QED) is 0.547. The maximum atomic E-state index is 11.3. The molecule has 1 atom stereocenters. The van der Waals surface area contributed by atoms with E-state index in [1.807, 2.05) is 21.1 Å². The number of amides is 2. The van der Waals surface area contributed by atoms with Crippen molar-refractivity contribution in [3.63, 3.8) is 0 Å². The van der Waals surface area contributed by atoms with E-state index in [0.717, 1.165) is 0 Å². The van der Waals surface area contributed by atoms with Crippen LogP contribution >= 0.6 is 0 Å². The Hall–Kier alpha value is -1.30. The maximum absolute atomic E-state index is 11.3. The summed E-state index contributed by atoms with van der Waals surface area (Å²) in [6.45, 7) is 2.84. The number of urea groups is 1. The fourth-order valence-electron chi connectivity index (χ4n) is 1.42. The molecule has 0 aromatic rings. The highest BCUT2D eigenvalue weighted by Gasteiger charge is 2.19. The number of nitrogens with one attached hydrogen (secondary N) is 2. The lowest BCUT2D eigenvalue weighted by Gasteiger charge is -2.29. The molecule has 0 saturated heterocycles. The van der Waals surface area contributed by atoms with Crippen molar-refractivity contribution in [1.29, 1.82) is 0 Å². The lowest BCUT2D eigenvalue weighted by molar-refractivity contribution is -0.871. The molecule has 1 unspecified atom stereocenters. The van der Waals surface area contributed by atoms with Crippen LogP contribution in [-0.2, 0) is 4.79 Å². The molecule has 6 heteroatoms. The molecule has 0 saturated carbocycles. The molecule has 2 N–H and O–H groups in total. The van der Waals surface area contributed by atoms with Crippen molar-refractivity contribution in [1.82, 2.24) is 10.6 Å². The van der Waals surface area contributed by atoms with Crippen molar-refractivity contribution in [2.24, 2.45) is 0 Å². The van der Waals surface area contributed by atoms with Gasteiger partial charge in [-0.3, -0.25) is 0 Å². The monoisotopic (exact) mass is 231 g/mol. The molecule has 0 aliphatic rings. The number of aliphatic carboxylic acids is 1. The first-order valence-corrected chi connectivity index (χ1v) is 5.29. The van der Waals surface area contributed by atoms with Gasteiger partial charge in [-0.05, 0) is 6.92 Å². The minimum atomic E-state index is -1.16. The maximum Gasteiger partial charge on any atom is 0.315 e. The molecule has 0 aliphatic carbocycles. The first-order valence-electron chi connectivity index (χ1n) is 5.29. The number of hydrogen-bond acceptors (Lipinski definition) is 3. The summed E-state index contributed by atoms with van der Waals surface area (Å²) in [6.07, 6.45) is -0.174. The van der Waals surface area contributed by atoms with Gasteiger partial charge in [0.25, 0.3) is 0 Å². The molecule has 0 rings (SSSR count). The number of carboxylic acid groups (broad SMARTS) is 1. The summed E-state index contributed by atoms with van der Waals surface area (Å²) in [6, 6.07) is -0.765. The van der Waals surface area contributed by atoms with E-state index in [1.165, 1.54) is 0 Å². The van der Waals surface area contributed by atoms with Crippen LogP contribution in [0, 0.1) is 0 Å². The van der Waals surface area contributed by atoms with Crippen LogP contribution in [0.3, 0.4) is 0 Å². The summed E-state index contributed by atoms with van der Waals surface area (Å²) in [5, 5.41) is 15.7. The molecule has 94 valence electrons. The van der Waals surface area contributed by atoms with Gasteiger partial charge in [0.15, 0.2) is 0 Å². The Morgan fingerprint density at radius 1 is 1.31 bits per heavy atom. The highest BCUT2D eigenvalue weighted by Crippen LogP contribution is 1.99. The van der Waals surface area contributed by atoms with Gasteiger partial charge < -0.3 is 25.0 Å². The summed E-state index contributed by atoms with van der Waals surface area (Å²) in [4.78, 5) is 21.8. The van der Waals surface area contributed by atoms with Crippen LogP contribution < -0.4 is 15.7 Å². The van der Waals surface area contributed by atoms with Crippen LogP contribution in [0.15, 0.2) is 0 Å². The fourth-order valence-corrected chi connectivity index (χ4v) is 1.42. The number of carbonyl (C=O) groups excluding carboxylic acids is 2. The Balaban J connectivity index is 4.31. The highest BCUT2D eigenvalue weighted by atomic mass is 16.4. The van der Waals surface area contributed by atoms with Crippen molar-refractivity contribution in [2.45, 2.75) is 19.4 Å². The van der Waals surface area contributed by atoms with Crippen molar-refractivity contribution in [3.8, 4) is 0 Å². The van der Waals surface area contributed by atoms with Gasteiger partial charge in [0.05, 0.1) is 33.7 Å². The fraction of sp³-hybridized carbons (Fsp3) is 0.800. The largest absolute Gasteiger partial charge is 0.550 e. The van der Waals surface area contributed by atoms with Crippen LogP contribution in [-0.4, -0.2) is 56.8 Å². The Morgan fingerprint density at radius 3 is 2.25 bits per heavy atom. The van der Waals surface area contributed by atoms with E-state index in [9.17, 15) is 14.7 Å². The number of quaternary nitrogens is 1. The highest BCUT2D eigenvalue weighted by molar-refractivity contribution is 5.75. The number of rotatable bonds is 6. The minimum absolute atomic E-state index is 0.174. The third-order valence-electron chi connectivity index (χ3n) is 1.85. The average molecular weight is 231 g/mol. The Bertz CT molecular complexity index is 248. The van der Waals surface area contributed by atoms with Crippen LogP contribution in [0.25, 0.3) is 0 Å². The van der Waals surface area contributed by atoms with Gasteiger partial charge in [-0.15, -0.1) is 0 Å². The zero-order valence-corrected chi connectivity index (χ0v) is 10.4. The summed E-state index contributed by atoms with van der Waals surface area (Å²) in [5.41, 5.74) is 0. The molecule has 0 aromatic carbocycles. The summed E-state index contributed by atoms with van der Waals surface area (Å²) in [5.74, 6) is -1.16. The molecule has 0 bridgehead atoms. The Kier molecular flexibility index (Phi) is 5.81. The van der Waals surface area contributed by atoms with E-state index in [4.69, 9.17) is 0 Å². The van der Waals surface area contributed by atoms with Crippen LogP contribution in [0.4, 0.5) is 4.79 Å². The van der Waals surface area contributed by atoms with Gasteiger partial charge >= 0.3 is 6.03 Å². The predicted octanol–water partition coefficient (Wildman–Crippen LogP) is -1.48. The summed E-state index contributed by atoms with van der Waals surface area (Å²) in [7, 11) is 5.80. The summed E-state index contributed by atoms with van der Waals surface area (Å²) >= 11 is 0. The normalized spacial score (nSPS) is 13.0. The van der Waals surface area contributed by atoms with Gasteiger partial charge in [-0.2, -0.15) is 0 Å². The minimum Gasteiger partial charge on any atom is -0.550 e. The third kappa shape index (κ3) is 8.05. The van der Waals surface area contributed by atoms with Gasteiger partial charge in [-0.1, -0.05) is 0 Å². The zero-order valence-electron chi connectivity index (χ0n) is 10.4. The van der Waals surface area contributed by atoms with Gasteiger partial charge in [-0.25, -0.2) is 4.79 Å². The number of hydrogen-bond donors (Lipinski definition) is 2. The zero-order chi connectivity index (χ0) is 12.8. The molecule has 0 radical (unpaired) electrons. The lowest BCUT2D eigenvalue weighted by atomic mass is 10.2. The van der Waals surface area contributed by atoms with E-state index in [-0.39, 0.29) is 12.5 Å². The van der Waals surface area contributed by atoms with E-state index < -0.39 is 12.0 Å². The first kappa shape index (κ1) is 14.7. The van der Waals surface area contributed by atoms with Gasteiger partial charge in [0.2, 0.25) is 0 Å². The van der Waals surface area contributed by atoms with Gasteiger partial charge in [0, 0.05) is 18.9 Å². The van der Waals surface area contributed by atoms with Crippen molar-refractivity contribution >= 4 is 12.0 Å². The smallest absolute Gasteiger partial charge is 0.315 e. The topological polar surface area (TPSA) is 81.3 Å². The predicted molar refractivity (Wildman–Crippen MR) is 58.5 cm³/mol. The van der Waals surface area contributed by atoms with Crippen LogP contribution in [0.1, 0.15) is 13.3 Å². The van der Waals surface area contributed by atoms with E-state index in [2.05, 4.69) is 10.6 Å². The van der Waals surface area contributed by atoms with Crippen molar-refractivity contribution in [2.75, 3.05) is 34.2 Å². The third-order valence-corrected chi connectivity index (χ3v) is 1.85. The van der Waals surface area contributed by atoms with Crippen LogP contribution in [0.5, 0.6) is 0 Å². The molecule has 0 aliphatic heterocycles. The molecule has 16 heavy (non-hydrogen) atoms. The second kappa shape index (κ2) is 6.32. The molecule has 6 nitrogen and oxygen atoms in total. The molecule has 0 aromatic heterocycles. The summed E-state index contributed by atoms with van der Waals surface area (Å²) < 4.78 is 0.574. The van der Waals surface area contributed by atoms with Crippen molar-refractivity contribution in [3.05, 3.63) is 0 Å². The standard InChI is InChI=1S/C10H21N3O3/c1-5-11-10(16)12-8(6-9(14)15)7-13(2,3)4/h8H,5-7H2,1-4H3,(H2-,11,12,14,15,16). The molecule has 0 fully saturated rings. The SMILES string of the molecule is CCNC(=O)NC(CC(=O)[O-])C[N+](C)(C)C. The van der Waals surface area contributed by atoms with Gasteiger partial charge in [0.1, 0.15) is 0 Å². The second-order valence-corrected chi connectivity index (χ2v) is 4.75. The first-order chi connectivity index (χ1) is 7.24. The number of likely N-dealkylation sites (N-methyl/N-ethyl adjacent to an activating group) is 1. The average Bonchev–Trinajstić information content (AvgIpc) is 1.98. The number of nitrogens with zero attached hydrogens (tertiary/aromatic N) is 1. The van der Waals surface area contributed by atoms with E-state index in [1.54, 1.807) is 6.92 Å². The second-order valence-electron chi connectivity index (χ2n) is 4.75. The number of carboxylic acids is 1. The Morgan fingerprint density at radius 2 is 1.88 bits per heavy atom. The molecule has 0 spiro atoms. The van der Waals surface area contributed by atoms with E-state index >= 15 is 0 Å². The Labute approximate surface area is 96.2 Å². The van der Waals surface area contributed by atoms with Crippen molar-refractivity contribution < 1.29 is 19.2 Å². The molecule has 2 amide bonds. The number of carbonyl (C=O) groups is 2. The lowest BCUT2D eigenvalue weighted by Crippen LogP contribution is -2.52. The van der Waals surface area contributed by atoms with E-state index in [0.29, 0.717) is 17.6 Å². The molecule has 0 heterocycles. The molecular weight excluding hydrogens is 210 g/mol.